The van der Waals surface area contributed by atoms with E-state index in [9.17, 15) is 9.59 Å². The second-order valence-corrected chi connectivity index (χ2v) is 4.19. The predicted molar refractivity (Wildman–Crippen MR) is 43.5 cm³/mol. The molecule has 2 saturated carbocycles. The largest absolute Gasteiger partial charge is 0.351 e. The van der Waals surface area contributed by atoms with E-state index in [0.29, 0.717) is 12.8 Å². The summed E-state index contributed by atoms with van der Waals surface area (Å²) >= 11 is 0. The van der Waals surface area contributed by atoms with E-state index in [4.69, 9.17) is 0 Å². The number of amides is 1. The molecule has 66 valence electrons. The Morgan fingerprint density at radius 2 is 2.08 bits per heavy atom. The molecule has 0 heterocycles. The standard InChI is InChI=1S/C9H13NO2/c1-9(2-3-9)10-8(12)6-4-7(11)5-6/h6H,2-5H2,1H3,(H,10,12). The van der Waals surface area contributed by atoms with Gasteiger partial charge in [-0.2, -0.15) is 0 Å². The Labute approximate surface area is 71.5 Å². The maximum atomic E-state index is 11.4. The van der Waals surface area contributed by atoms with Crippen LogP contribution in [-0.4, -0.2) is 17.2 Å². The van der Waals surface area contributed by atoms with E-state index in [1.807, 2.05) is 6.92 Å². The average molecular weight is 167 g/mol. The average Bonchev–Trinajstić information content (AvgIpc) is 2.61. The van der Waals surface area contributed by atoms with Gasteiger partial charge < -0.3 is 5.32 Å². The van der Waals surface area contributed by atoms with Crippen LogP contribution in [-0.2, 0) is 9.59 Å². The number of hydrogen-bond acceptors (Lipinski definition) is 2. The van der Waals surface area contributed by atoms with Gasteiger partial charge >= 0.3 is 0 Å². The maximum absolute atomic E-state index is 11.4. The van der Waals surface area contributed by atoms with Crippen LogP contribution in [0.1, 0.15) is 32.6 Å². The maximum Gasteiger partial charge on any atom is 0.224 e. The molecule has 0 saturated heterocycles. The van der Waals surface area contributed by atoms with Crippen LogP contribution in [0.2, 0.25) is 0 Å². The van der Waals surface area contributed by atoms with Gasteiger partial charge in [-0.25, -0.2) is 0 Å². The zero-order valence-corrected chi connectivity index (χ0v) is 7.22. The Hall–Kier alpha value is -0.860. The van der Waals surface area contributed by atoms with E-state index in [2.05, 4.69) is 5.32 Å². The van der Waals surface area contributed by atoms with E-state index in [1.165, 1.54) is 0 Å². The molecule has 2 fully saturated rings. The monoisotopic (exact) mass is 167 g/mol. The lowest BCUT2D eigenvalue weighted by Crippen LogP contribution is -2.43. The van der Waals surface area contributed by atoms with Gasteiger partial charge in [0, 0.05) is 18.4 Å². The van der Waals surface area contributed by atoms with Crippen LogP contribution in [0.3, 0.4) is 0 Å². The van der Waals surface area contributed by atoms with Gasteiger partial charge in [0.15, 0.2) is 0 Å². The van der Waals surface area contributed by atoms with Crippen LogP contribution in [0, 0.1) is 5.92 Å². The molecule has 0 aliphatic heterocycles. The minimum Gasteiger partial charge on any atom is -0.351 e. The van der Waals surface area contributed by atoms with Gasteiger partial charge in [0.05, 0.1) is 5.92 Å². The molecule has 3 nitrogen and oxygen atoms in total. The van der Waals surface area contributed by atoms with Gasteiger partial charge in [0.2, 0.25) is 5.91 Å². The molecule has 3 heteroatoms. The second-order valence-electron chi connectivity index (χ2n) is 4.19. The molecule has 1 N–H and O–H groups in total. The molecule has 2 aliphatic rings. The lowest BCUT2D eigenvalue weighted by atomic mass is 9.83. The molecule has 2 aliphatic carbocycles. The van der Waals surface area contributed by atoms with E-state index in [1.54, 1.807) is 0 Å². The molecule has 0 aromatic carbocycles. The van der Waals surface area contributed by atoms with Crippen molar-refractivity contribution in [1.82, 2.24) is 5.32 Å². The van der Waals surface area contributed by atoms with E-state index in [-0.39, 0.29) is 23.1 Å². The molecule has 0 spiro atoms. The van der Waals surface area contributed by atoms with Crippen LogP contribution in [0.5, 0.6) is 0 Å². The number of rotatable bonds is 2. The Morgan fingerprint density at radius 1 is 1.50 bits per heavy atom. The summed E-state index contributed by atoms with van der Waals surface area (Å²) in [4.78, 5) is 22.0. The number of carbonyl (C=O) groups is 2. The summed E-state index contributed by atoms with van der Waals surface area (Å²) in [5.41, 5.74) is 0.0652. The molecule has 0 bridgehead atoms. The van der Waals surface area contributed by atoms with E-state index < -0.39 is 0 Å². The van der Waals surface area contributed by atoms with Crippen molar-refractivity contribution >= 4 is 11.7 Å². The van der Waals surface area contributed by atoms with E-state index >= 15 is 0 Å². The van der Waals surface area contributed by atoms with Crippen LogP contribution >= 0.6 is 0 Å². The van der Waals surface area contributed by atoms with Crippen molar-refractivity contribution in [2.24, 2.45) is 5.92 Å². The first-order chi connectivity index (χ1) is 5.59. The van der Waals surface area contributed by atoms with Crippen LogP contribution in [0.25, 0.3) is 0 Å². The lowest BCUT2D eigenvalue weighted by molar-refractivity contribution is -0.138. The Bertz CT molecular complexity index is 235. The molecule has 1 amide bonds. The van der Waals surface area contributed by atoms with Gasteiger partial charge in [0.1, 0.15) is 5.78 Å². The quantitative estimate of drug-likeness (QED) is 0.655. The van der Waals surface area contributed by atoms with E-state index in [0.717, 1.165) is 12.8 Å². The number of hydrogen-bond donors (Lipinski definition) is 1. The molecule has 0 radical (unpaired) electrons. The molecule has 0 atom stereocenters. The predicted octanol–water partition coefficient (Wildman–Crippen LogP) is 0.634. The highest BCUT2D eigenvalue weighted by Crippen LogP contribution is 2.35. The first-order valence-corrected chi connectivity index (χ1v) is 4.43. The van der Waals surface area contributed by atoms with Gasteiger partial charge in [-0.05, 0) is 19.8 Å². The first kappa shape index (κ1) is 7.77. The highest BCUT2D eigenvalue weighted by Gasteiger charge is 2.42. The third-order valence-corrected chi connectivity index (χ3v) is 2.74. The van der Waals surface area contributed by atoms with Crippen molar-refractivity contribution in [1.29, 1.82) is 0 Å². The number of Topliss-reactive ketones (excluding diaryl/α,β-unsaturated/α-hetero) is 1. The highest BCUT2D eigenvalue weighted by atomic mass is 16.2. The summed E-state index contributed by atoms with van der Waals surface area (Å²) in [6.07, 6.45) is 3.09. The normalized spacial score (nSPS) is 26.2. The van der Waals surface area contributed by atoms with Crippen molar-refractivity contribution in [3.05, 3.63) is 0 Å². The summed E-state index contributed by atoms with van der Waals surface area (Å²) in [5.74, 6) is 0.278. The molecule has 0 aromatic rings. The molecule has 12 heavy (non-hydrogen) atoms. The summed E-state index contributed by atoms with van der Waals surface area (Å²) in [6, 6.07) is 0. The van der Waals surface area contributed by atoms with Crippen molar-refractivity contribution in [3.8, 4) is 0 Å². The summed E-state index contributed by atoms with van der Waals surface area (Å²) in [7, 11) is 0. The Kier molecular flexibility index (Phi) is 1.50. The number of carbonyl (C=O) groups excluding carboxylic acids is 2. The Morgan fingerprint density at radius 3 is 2.50 bits per heavy atom. The van der Waals surface area contributed by atoms with Crippen LogP contribution in [0.15, 0.2) is 0 Å². The second kappa shape index (κ2) is 2.31. The van der Waals surface area contributed by atoms with Gasteiger partial charge in [0.25, 0.3) is 0 Å². The minimum absolute atomic E-state index is 0.0186. The highest BCUT2D eigenvalue weighted by molar-refractivity contribution is 5.96. The van der Waals surface area contributed by atoms with Crippen LogP contribution in [0.4, 0.5) is 0 Å². The first-order valence-electron chi connectivity index (χ1n) is 4.43. The third kappa shape index (κ3) is 1.36. The molecule has 0 aromatic heterocycles. The number of ketones is 1. The Balaban J connectivity index is 1.81. The van der Waals surface area contributed by atoms with Crippen molar-refractivity contribution in [2.75, 3.05) is 0 Å². The molecule has 0 unspecified atom stereocenters. The fourth-order valence-electron chi connectivity index (χ4n) is 1.39. The zero-order chi connectivity index (χ0) is 8.77. The van der Waals surface area contributed by atoms with Gasteiger partial charge in [-0.1, -0.05) is 0 Å². The molecular formula is C9H13NO2. The van der Waals surface area contributed by atoms with Crippen molar-refractivity contribution in [2.45, 2.75) is 38.1 Å². The van der Waals surface area contributed by atoms with Crippen molar-refractivity contribution < 1.29 is 9.59 Å². The van der Waals surface area contributed by atoms with Gasteiger partial charge in [-0.3, -0.25) is 9.59 Å². The minimum atomic E-state index is -0.0186. The topological polar surface area (TPSA) is 46.2 Å². The lowest BCUT2D eigenvalue weighted by Gasteiger charge is -2.24. The SMILES string of the molecule is CC1(NC(=O)C2CC(=O)C2)CC1. The molecular weight excluding hydrogens is 154 g/mol. The summed E-state index contributed by atoms with van der Waals surface area (Å²) in [6.45, 7) is 2.05. The fourth-order valence-corrected chi connectivity index (χ4v) is 1.39. The number of nitrogens with one attached hydrogen (secondary N) is 1. The fraction of sp³-hybridized carbons (Fsp3) is 0.778. The zero-order valence-electron chi connectivity index (χ0n) is 7.22. The molecule has 2 rings (SSSR count). The van der Waals surface area contributed by atoms with Crippen molar-refractivity contribution in [3.63, 3.8) is 0 Å². The smallest absolute Gasteiger partial charge is 0.224 e. The van der Waals surface area contributed by atoms with Gasteiger partial charge in [-0.15, -0.1) is 0 Å². The summed E-state index contributed by atoms with van der Waals surface area (Å²) in [5, 5.41) is 2.96. The summed E-state index contributed by atoms with van der Waals surface area (Å²) < 4.78 is 0. The van der Waals surface area contributed by atoms with Crippen LogP contribution < -0.4 is 5.32 Å². The third-order valence-electron chi connectivity index (χ3n) is 2.74.